The number of ether oxygens (including phenoxy) is 1. The quantitative estimate of drug-likeness (QED) is 0.627. The predicted octanol–water partition coefficient (Wildman–Crippen LogP) is 3.53. The van der Waals surface area contributed by atoms with E-state index in [1.54, 1.807) is 18.9 Å². The highest BCUT2D eigenvalue weighted by molar-refractivity contribution is 7.03. The molecule has 1 amide bonds. The van der Waals surface area contributed by atoms with Crippen molar-refractivity contribution in [3.05, 3.63) is 35.2 Å². The lowest BCUT2D eigenvalue weighted by Gasteiger charge is -2.22. The number of nitrogens with zero attached hydrogens (tertiary/aromatic N) is 3. The van der Waals surface area contributed by atoms with E-state index in [0.29, 0.717) is 32.4 Å². The van der Waals surface area contributed by atoms with Crippen LogP contribution in [0.25, 0.3) is 11.3 Å². The molecule has 140 valence electrons. The molecule has 1 heterocycles. The average molecular weight is 375 g/mol. The molecule has 0 N–H and O–H groups in total. The summed E-state index contributed by atoms with van der Waals surface area (Å²) in [7, 11) is 1.81. The number of aromatic nitrogens is 2. The normalized spacial score (nSPS) is 11.8. The van der Waals surface area contributed by atoms with Crippen LogP contribution in [0.5, 0.6) is 0 Å². The van der Waals surface area contributed by atoms with Gasteiger partial charge in [0.25, 0.3) is 0 Å². The summed E-state index contributed by atoms with van der Waals surface area (Å²) in [6.45, 7) is 4.59. The number of carbonyl (C=O) groups excluding carboxylic acids is 2. The van der Waals surface area contributed by atoms with Gasteiger partial charge in [-0.2, -0.15) is 0 Å². The van der Waals surface area contributed by atoms with Crippen LogP contribution in [0, 0.1) is 5.92 Å². The van der Waals surface area contributed by atoms with E-state index in [-0.39, 0.29) is 17.8 Å². The molecule has 0 aliphatic rings. The molecule has 0 radical (unpaired) electrons. The second-order valence-electron chi connectivity index (χ2n) is 6.24. The molecule has 2 aromatic rings. The topological polar surface area (TPSA) is 72.4 Å². The minimum Gasteiger partial charge on any atom is -0.466 e. The van der Waals surface area contributed by atoms with Crippen LogP contribution in [-0.4, -0.2) is 40.0 Å². The van der Waals surface area contributed by atoms with Crippen LogP contribution in [-0.2, 0) is 20.9 Å². The van der Waals surface area contributed by atoms with Crippen molar-refractivity contribution in [3.8, 4) is 11.3 Å². The first-order chi connectivity index (χ1) is 12.5. The highest BCUT2D eigenvalue weighted by Gasteiger charge is 2.19. The van der Waals surface area contributed by atoms with Gasteiger partial charge in [0.1, 0.15) is 5.69 Å². The summed E-state index contributed by atoms with van der Waals surface area (Å²) in [4.78, 5) is 25.8. The Balaban J connectivity index is 1.92. The first-order valence-electron chi connectivity index (χ1n) is 8.78. The molecule has 1 aromatic heterocycles. The summed E-state index contributed by atoms with van der Waals surface area (Å²) in [5.41, 5.74) is 2.86. The molecule has 0 bridgehead atoms. The van der Waals surface area contributed by atoms with Crippen molar-refractivity contribution in [1.82, 2.24) is 14.5 Å². The molecule has 1 atom stereocenters. The SMILES string of the molecule is CCOC(=O)CCCC(C)C(=O)N(C)Cc1ccccc1-c1csnn1. The van der Waals surface area contributed by atoms with Crippen LogP contribution in [0.2, 0.25) is 0 Å². The molecule has 0 fully saturated rings. The van der Waals surface area contributed by atoms with E-state index >= 15 is 0 Å². The monoisotopic (exact) mass is 375 g/mol. The maximum absolute atomic E-state index is 12.6. The fraction of sp³-hybridized carbons (Fsp3) is 0.474. The Hall–Kier alpha value is -2.28. The van der Waals surface area contributed by atoms with Gasteiger partial charge in [-0.25, -0.2) is 0 Å². The summed E-state index contributed by atoms with van der Waals surface area (Å²) < 4.78 is 8.83. The van der Waals surface area contributed by atoms with Gasteiger partial charge in [0.15, 0.2) is 0 Å². The van der Waals surface area contributed by atoms with E-state index in [2.05, 4.69) is 9.59 Å². The van der Waals surface area contributed by atoms with Gasteiger partial charge in [-0.05, 0) is 36.9 Å². The number of esters is 1. The van der Waals surface area contributed by atoms with Crippen LogP contribution >= 0.6 is 11.5 Å². The van der Waals surface area contributed by atoms with Gasteiger partial charge < -0.3 is 9.64 Å². The Morgan fingerprint density at radius 2 is 2.08 bits per heavy atom. The molecule has 6 nitrogen and oxygen atoms in total. The smallest absolute Gasteiger partial charge is 0.305 e. The Kier molecular flexibility index (Phi) is 7.72. The van der Waals surface area contributed by atoms with Gasteiger partial charge in [-0.15, -0.1) is 5.10 Å². The van der Waals surface area contributed by atoms with E-state index < -0.39 is 0 Å². The number of carbonyl (C=O) groups is 2. The van der Waals surface area contributed by atoms with Gasteiger partial charge in [0.05, 0.1) is 6.61 Å². The highest BCUT2D eigenvalue weighted by atomic mass is 32.1. The Bertz CT molecular complexity index is 719. The summed E-state index contributed by atoms with van der Waals surface area (Å²) in [5, 5.41) is 6.03. The third-order valence-electron chi connectivity index (χ3n) is 4.18. The largest absolute Gasteiger partial charge is 0.466 e. The zero-order valence-corrected chi connectivity index (χ0v) is 16.3. The van der Waals surface area contributed by atoms with Crippen molar-refractivity contribution in [3.63, 3.8) is 0 Å². The maximum atomic E-state index is 12.6. The highest BCUT2D eigenvalue weighted by Crippen LogP contribution is 2.24. The first-order valence-corrected chi connectivity index (χ1v) is 9.62. The van der Waals surface area contributed by atoms with Gasteiger partial charge in [0.2, 0.25) is 5.91 Å². The fourth-order valence-electron chi connectivity index (χ4n) is 2.81. The lowest BCUT2D eigenvalue weighted by molar-refractivity contribution is -0.143. The summed E-state index contributed by atoms with van der Waals surface area (Å²) in [6.07, 6.45) is 1.68. The molecular weight excluding hydrogens is 350 g/mol. The minimum absolute atomic E-state index is 0.0695. The lowest BCUT2D eigenvalue weighted by atomic mass is 10.0. The number of hydrogen-bond acceptors (Lipinski definition) is 6. The lowest BCUT2D eigenvalue weighted by Crippen LogP contribution is -2.31. The molecule has 7 heteroatoms. The Morgan fingerprint density at radius 1 is 1.31 bits per heavy atom. The third kappa shape index (κ3) is 5.62. The first kappa shape index (κ1) is 20.0. The van der Waals surface area contributed by atoms with Gasteiger partial charge in [0, 0.05) is 36.9 Å². The van der Waals surface area contributed by atoms with Crippen molar-refractivity contribution < 1.29 is 14.3 Å². The molecule has 26 heavy (non-hydrogen) atoms. The number of amides is 1. The molecule has 0 saturated heterocycles. The van der Waals surface area contributed by atoms with Gasteiger partial charge in [-0.3, -0.25) is 9.59 Å². The minimum atomic E-state index is -0.202. The third-order valence-corrected chi connectivity index (χ3v) is 4.69. The summed E-state index contributed by atoms with van der Waals surface area (Å²) in [5.74, 6) is -0.270. The number of hydrogen-bond donors (Lipinski definition) is 0. The number of rotatable bonds is 9. The summed E-state index contributed by atoms with van der Waals surface area (Å²) in [6, 6.07) is 7.91. The number of benzene rings is 1. The van der Waals surface area contributed by atoms with Crippen molar-refractivity contribution in [1.29, 1.82) is 0 Å². The zero-order valence-electron chi connectivity index (χ0n) is 15.5. The van der Waals surface area contributed by atoms with E-state index in [4.69, 9.17) is 4.74 Å². The van der Waals surface area contributed by atoms with Crippen LogP contribution in [0.3, 0.4) is 0 Å². The molecule has 1 unspecified atom stereocenters. The fourth-order valence-corrected chi connectivity index (χ4v) is 3.27. The van der Waals surface area contributed by atoms with Crippen molar-refractivity contribution >= 4 is 23.4 Å². The van der Waals surface area contributed by atoms with E-state index in [1.807, 2.05) is 36.6 Å². The zero-order chi connectivity index (χ0) is 18.9. The second kappa shape index (κ2) is 10.0. The second-order valence-corrected chi connectivity index (χ2v) is 6.85. The van der Waals surface area contributed by atoms with Crippen molar-refractivity contribution in [2.45, 2.75) is 39.7 Å². The maximum Gasteiger partial charge on any atom is 0.305 e. The predicted molar refractivity (Wildman–Crippen MR) is 101 cm³/mol. The molecule has 2 rings (SSSR count). The van der Waals surface area contributed by atoms with Gasteiger partial charge >= 0.3 is 5.97 Å². The van der Waals surface area contributed by atoms with E-state index in [0.717, 1.165) is 16.8 Å². The van der Waals surface area contributed by atoms with Crippen LogP contribution in [0.4, 0.5) is 0 Å². The summed E-state index contributed by atoms with van der Waals surface area (Å²) >= 11 is 1.31. The molecule has 1 aromatic carbocycles. The van der Waals surface area contributed by atoms with Crippen molar-refractivity contribution in [2.24, 2.45) is 5.92 Å². The molecule has 0 spiro atoms. The standard InChI is InChI=1S/C19H25N3O3S/c1-4-25-18(23)11-7-8-14(2)19(24)22(3)12-15-9-5-6-10-16(15)17-13-26-21-20-17/h5-6,9-10,13-14H,4,7-8,11-12H2,1-3H3. The van der Waals surface area contributed by atoms with E-state index in [1.165, 1.54) is 11.5 Å². The molecule has 0 aliphatic carbocycles. The van der Waals surface area contributed by atoms with E-state index in [9.17, 15) is 9.59 Å². The van der Waals surface area contributed by atoms with Crippen molar-refractivity contribution in [2.75, 3.05) is 13.7 Å². The van der Waals surface area contributed by atoms with Crippen LogP contribution in [0.1, 0.15) is 38.7 Å². The van der Waals surface area contributed by atoms with Crippen LogP contribution < -0.4 is 0 Å². The van der Waals surface area contributed by atoms with Crippen LogP contribution in [0.15, 0.2) is 29.6 Å². The Morgan fingerprint density at radius 3 is 2.77 bits per heavy atom. The molecule has 0 aliphatic heterocycles. The molecule has 0 saturated carbocycles. The molecular formula is C19H25N3O3S. The Labute approximate surface area is 158 Å². The average Bonchev–Trinajstić information content (AvgIpc) is 3.16. The van der Waals surface area contributed by atoms with Gasteiger partial charge in [-0.1, -0.05) is 35.7 Å².